The van der Waals surface area contributed by atoms with Gasteiger partial charge in [0.1, 0.15) is 5.82 Å². The molecule has 0 N–H and O–H groups in total. The molecule has 19 heavy (non-hydrogen) atoms. The Balaban J connectivity index is 2.10. The van der Waals surface area contributed by atoms with E-state index in [4.69, 9.17) is 0 Å². The second-order valence-corrected chi connectivity index (χ2v) is 5.39. The number of alkyl halides is 2. The van der Waals surface area contributed by atoms with Gasteiger partial charge in [-0.2, -0.15) is 8.78 Å². The lowest BCUT2D eigenvalue weighted by Gasteiger charge is -2.16. The van der Waals surface area contributed by atoms with Gasteiger partial charge in [0.15, 0.2) is 0 Å². The predicted molar refractivity (Wildman–Crippen MR) is 68.3 cm³/mol. The van der Waals surface area contributed by atoms with Crippen molar-refractivity contribution in [3.63, 3.8) is 0 Å². The van der Waals surface area contributed by atoms with Gasteiger partial charge in [0.2, 0.25) is 0 Å². The molecule has 1 amide bonds. The van der Waals surface area contributed by atoms with Gasteiger partial charge in [0.05, 0.1) is 11.4 Å². The summed E-state index contributed by atoms with van der Waals surface area (Å²) in [7, 11) is 1.57. The van der Waals surface area contributed by atoms with Crippen molar-refractivity contribution in [1.29, 1.82) is 0 Å². The van der Waals surface area contributed by atoms with E-state index in [-0.39, 0.29) is 18.3 Å². The van der Waals surface area contributed by atoms with Gasteiger partial charge in [-0.1, -0.05) is 0 Å². The molecule has 0 bridgehead atoms. The van der Waals surface area contributed by atoms with Gasteiger partial charge in [0, 0.05) is 24.3 Å². The van der Waals surface area contributed by atoms with E-state index in [1.165, 1.54) is 28.6 Å². The maximum Gasteiger partial charge on any atom is 0.319 e. The lowest BCUT2D eigenvalue weighted by molar-refractivity contribution is 0.0613. The number of carbonyl (C=O) groups excluding carboxylic acids is 1. The molecule has 0 aliphatic heterocycles. The molecule has 4 nitrogen and oxygen atoms in total. The van der Waals surface area contributed by atoms with E-state index >= 15 is 0 Å². The first kappa shape index (κ1) is 13.7. The Morgan fingerprint density at radius 3 is 2.84 bits per heavy atom. The minimum atomic E-state index is -2.65. The van der Waals surface area contributed by atoms with Crippen LogP contribution in [0.1, 0.15) is 26.9 Å². The smallest absolute Gasteiger partial charge is 0.319 e. The number of halogens is 2. The van der Waals surface area contributed by atoms with Crippen LogP contribution in [0.25, 0.3) is 0 Å². The molecule has 0 aliphatic rings. The zero-order chi connectivity index (χ0) is 14.0. The molecule has 0 aliphatic carbocycles. The number of thiophene rings is 1. The van der Waals surface area contributed by atoms with E-state index in [9.17, 15) is 13.6 Å². The number of aryl methyl sites for hydroxylation is 1. The van der Waals surface area contributed by atoms with Crippen LogP contribution >= 0.6 is 11.3 Å². The quantitative estimate of drug-likeness (QED) is 0.866. The molecule has 2 heterocycles. The number of carbonyl (C=O) groups is 1. The van der Waals surface area contributed by atoms with Crippen LogP contribution < -0.4 is 0 Å². The fourth-order valence-corrected chi connectivity index (χ4v) is 2.53. The maximum atomic E-state index is 12.7. The van der Waals surface area contributed by atoms with Gasteiger partial charge in [-0.15, -0.1) is 11.3 Å². The highest BCUT2D eigenvalue weighted by Crippen LogP contribution is 2.18. The standard InChI is InChI=1S/C12H13F2N3OS/c1-8-3-4-9(19-8)11(18)16(2)7-10-15-5-6-17(10)12(13)14/h3-6,12H,7H2,1-2H3. The topological polar surface area (TPSA) is 38.1 Å². The maximum absolute atomic E-state index is 12.7. The third-order valence-corrected chi connectivity index (χ3v) is 3.62. The van der Waals surface area contributed by atoms with Crippen LogP contribution in [-0.4, -0.2) is 27.4 Å². The number of hydrogen-bond donors (Lipinski definition) is 0. The van der Waals surface area contributed by atoms with Crippen LogP contribution in [0.15, 0.2) is 24.5 Å². The number of aromatic nitrogens is 2. The lowest BCUT2D eigenvalue weighted by atomic mass is 10.4. The highest BCUT2D eigenvalue weighted by Gasteiger charge is 2.18. The summed E-state index contributed by atoms with van der Waals surface area (Å²) in [6.45, 7) is -0.692. The van der Waals surface area contributed by atoms with Crippen molar-refractivity contribution in [1.82, 2.24) is 14.5 Å². The first-order chi connectivity index (χ1) is 8.99. The van der Waals surface area contributed by atoms with Gasteiger partial charge in [0.25, 0.3) is 5.91 Å². The Labute approximate surface area is 113 Å². The third-order valence-electron chi connectivity index (χ3n) is 2.64. The molecule has 0 saturated heterocycles. The number of nitrogens with zero attached hydrogens (tertiary/aromatic N) is 3. The summed E-state index contributed by atoms with van der Waals surface area (Å²) >= 11 is 1.38. The van der Waals surface area contributed by atoms with Crippen molar-refractivity contribution in [2.24, 2.45) is 0 Å². The summed E-state index contributed by atoms with van der Waals surface area (Å²) in [5.74, 6) is -0.0268. The Hall–Kier alpha value is -1.76. The first-order valence-corrected chi connectivity index (χ1v) is 6.42. The molecular weight excluding hydrogens is 272 g/mol. The Morgan fingerprint density at radius 2 is 2.26 bits per heavy atom. The normalized spacial score (nSPS) is 11.0. The number of rotatable bonds is 4. The fraction of sp³-hybridized carbons (Fsp3) is 0.333. The molecule has 0 unspecified atom stereocenters. The van der Waals surface area contributed by atoms with Crippen LogP contribution in [0.4, 0.5) is 8.78 Å². The average Bonchev–Trinajstić information content (AvgIpc) is 2.97. The van der Waals surface area contributed by atoms with Gasteiger partial charge in [-0.3, -0.25) is 9.36 Å². The average molecular weight is 285 g/mol. The summed E-state index contributed by atoms with van der Waals surface area (Å²) in [6.07, 6.45) is 2.50. The summed E-state index contributed by atoms with van der Waals surface area (Å²) in [4.78, 5) is 18.9. The first-order valence-electron chi connectivity index (χ1n) is 5.61. The molecular formula is C12H13F2N3OS. The molecule has 0 radical (unpaired) electrons. The summed E-state index contributed by atoms with van der Waals surface area (Å²) < 4.78 is 26.1. The van der Waals surface area contributed by atoms with Gasteiger partial charge >= 0.3 is 6.55 Å². The Bertz CT molecular complexity index is 579. The molecule has 0 saturated carbocycles. The van der Waals surface area contributed by atoms with Crippen molar-refractivity contribution in [3.8, 4) is 0 Å². The van der Waals surface area contributed by atoms with E-state index in [2.05, 4.69) is 4.98 Å². The molecule has 0 fully saturated rings. The second kappa shape index (κ2) is 5.48. The Morgan fingerprint density at radius 1 is 1.53 bits per heavy atom. The monoisotopic (exact) mass is 285 g/mol. The van der Waals surface area contributed by atoms with Gasteiger partial charge < -0.3 is 4.90 Å². The second-order valence-electron chi connectivity index (χ2n) is 4.10. The molecule has 0 spiro atoms. The highest BCUT2D eigenvalue weighted by molar-refractivity contribution is 7.13. The highest BCUT2D eigenvalue weighted by atomic mass is 32.1. The third kappa shape index (κ3) is 2.98. The predicted octanol–water partition coefficient (Wildman–Crippen LogP) is 2.92. The molecule has 2 aromatic heterocycles. The van der Waals surface area contributed by atoms with Crippen LogP contribution in [0.3, 0.4) is 0 Å². The number of imidazole rings is 1. The zero-order valence-electron chi connectivity index (χ0n) is 10.5. The van der Waals surface area contributed by atoms with Crippen LogP contribution in [-0.2, 0) is 6.54 Å². The molecule has 2 aromatic rings. The lowest BCUT2D eigenvalue weighted by Crippen LogP contribution is -2.27. The summed E-state index contributed by atoms with van der Waals surface area (Å²) in [5, 5.41) is 0. The number of hydrogen-bond acceptors (Lipinski definition) is 3. The summed E-state index contributed by atoms with van der Waals surface area (Å²) in [5.41, 5.74) is 0. The van der Waals surface area contributed by atoms with Crippen LogP contribution in [0, 0.1) is 6.92 Å². The molecule has 2 rings (SSSR count). The minimum absolute atomic E-state index is 0.0487. The van der Waals surface area contributed by atoms with Crippen LogP contribution in [0.2, 0.25) is 0 Å². The van der Waals surface area contributed by atoms with E-state index in [1.807, 2.05) is 13.0 Å². The molecule has 0 aromatic carbocycles. The van der Waals surface area contributed by atoms with E-state index in [0.717, 1.165) is 9.44 Å². The summed E-state index contributed by atoms with van der Waals surface area (Å²) in [6, 6.07) is 3.59. The van der Waals surface area contributed by atoms with E-state index in [0.29, 0.717) is 4.88 Å². The van der Waals surface area contributed by atoms with Crippen LogP contribution in [0.5, 0.6) is 0 Å². The molecule has 102 valence electrons. The molecule has 0 atom stereocenters. The van der Waals surface area contributed by atoms with E-state index in [1.54, 1.807) is 13.1 Å². The van der Waals surface area contributed by atoms with Gasteiger partial charge in [-0.25, -0.2) is 4.98 Å². The fourth-order valence-electron chi connectivity index (χ4n) is 1.67. The van der Waals surface area contributed by atoms with Crippen molar-refractivity contribution in [3.05, 3.63) is 40.1 Å². The largest absolute Gasteiger partial charge is 0.334 e. The van der Waals surface area contributed by atoms with Crippen molar-refractivity contribution in [2.75, 3.05) is 7.05 Å². The molecule has 7 heteroatoms. The SMILES string of the molecule is Cc1ccc(C(=O)N(C)Cc2nccn2C(F)F)s1. The van der Waals surface area contributed by atoms with Crippen molar-refractivity contribution in [2.45, 2.75) is 20.0 Å². The van der Waals surface area contributed by atoms with E-state index < -0.39 is 6.55 Å². The van der Waals surface area contributed by atoms with Crippen molar-refractivity contribution >= 4 is 17.2 Å². The van der Waals surface area contributed by atoms with Crippen molar-refractivity contribution < 1.29 is 13.6 Å². The Kier molecular flexibility index (Phi) is 3.94. The zero-order valence-corrected chi connectivity index (χ0v) is 11.3. The van der Waals surface area contributed by atoms with Gasteiger partial charge in [-0.05, 0) is 19.1 Å². The number of amides is 1. The minimum Gasteiger partial charge on any atom is -0.334 e.